The minimum atomic E-state index is -3.84. The molecule has 1 aliphatic rings. The molecule has 0 spiro atoms. The topological polar surface area (TPSA) is 92.7 Å². The van der Waals surface area contributed by atoms with Crippen LogP contribution in [0, 0.1) is 6.92 Å². The van der Waals surface area contributed by atoms with Crippen molar-refractivity contribution in [3.63, 3.8) is 0 Å². The quantitative estimate of drug-likeness (QED) is 0.773. The van der Waals surface area contributed by atoms with Crippen molar-refractivity contribution >= 4 is 25.6 Å². The molecule has 1 atom stereocenters. The molecule has 2 aromatic carbocycles. The average molecular weight is 407 g/mol. The van der Waals surface area contributed by atoms with Gasteiger partial charge in [-0.2, -0.15) is 13.5 Å². The normalized spacial score (nSPS) is 19.7. The van der Waals surface area contributed by atoms with Gasteiger partial charge in [-0.05, 0) is 50.5 Å². The van der Waals surface area contributed by atoms with Crippen molar-refractivity contribution in [1.82, 2.24) is 4.83 Å². The fourth-order valence-electron chi connectivity index (χ4n) is 3.09. The van der Waals surface area contributed by atoms with Gasteiger partial charge < -0.3 is 0 Å². The van der Waals surface area contributed by atoms with Crippen molar-refractivity contribution in [2.75, 3.05) is 0 Å². The van der Waals surface area contributed by atoms with Gasteiger partial charge in [-0.15, -0.1) is 0 Å². The SMILES string of the molecule is Cc1ccc(S(=O)(=O)NN=C2CCCCC2S(=O)(=O)c2ccccc2)cc1. The lowest BCUT2D eigenvalue weighted by molar-refractivity contribution is 0.568. The van der Waals surface area contributed by atoms with Gasteiger partial charge in [0.15, 0.2) is 9.84 Å². The molecular weight excluding hydrogens is 384 g/mol. The Morgan fingerprint density at radius 1 is 0.889 bits per heavy atom. The van der Waals surface area contributed by atoms with Crippen LogP contribution in [0.5, 0.6) is 0 Å². The first-order chi connectivity index (χ1) is 12.8. The summed E-state index contributed by atoms with van der Waals surface area (Å²) in [5.41, 5.74) is 1.31. The summed E-state index contributed by atoms with van der Waals surface area (Å²) < 4.78 is 50.8. The summed E-state index contributed by atoms with van der Waals surface area (Å²) in [4.78, 5) is 2.53. The zero-order chi connectivity index (χ0) is 19.5. The number of nitrogens with zero attached hydrogens (tertiary/aromatic N) is 1. The van der Waals surface area contributed by atoms with Crippen LogP contribution in [0.4, 0.5) is 0 Å². The smallest absolute Gasteiger partial charge is 0.223 e. The number of sulfone groups is 1. The van der Waals surface area contributed by atoms with Crippen molar-refractivity contribution < 1.29 is 16.8 Å². The maximum absolute atomic E-state index is 13.0. The third kappa shape index (κ3) is 4.39. The van der Waals surface area contributed by atoms with E-state index in [9.17, 15) is 16.8 Å². The van der Waals surface area contributed by atoms with E-state index < -0.39 is 25.1 Å². The van der Waals surface area contributed by atoms with Gasteiger partial charge in [-0.25, -0.2) is 13.2 Å². The first kappa shape index (κ1) is 19.6. The predicted molar refractivity (Wildman–Crippen MR) is 105 cm³/mol. The van der Waals surface area contributed by atoms with Crippen LogP contribution >= 0.6 is 0 Å². The zero-order valence-corrected chi connectivity index (χ0v) is 16.6. The van der Waals surface area contributed by atoms with E-state index in [4.69, 9.17) is 0 Å². The standard InChI is InChI=1S/C19H22N2O4S2/c1-15-11-13-17(14-12-15)27(24,25)21-20-18-9-5-6-10-19(18)26(22,23)16-7-3-2-4-8-16/h2-4,7-8,11-14,19,21H,5-6,9-10H2,1H3. The molecule has 144 valence electrons. The Balaban J connectivity index is 1.88. The fourth-order valence-corrected chi connectivity index (χ4v) is 5.80. The molecule has 1 saturated carbocycles. The molecular formula is C19H22N2O4S2. The molecule has 0 aromatic heterocycles. The van der Waals surface area contributed by atoms with Gasteiger partial charge in [0.25, 0.3) is 10.0 Å². The van der Waals surface area contributed by atoms with Crippen LogP contribution in [0.2, 0.25) is 0 Å². The Labute approximate surface area is 160 Å². The van der Waals surface area contributed by atoms with Crippen molar-refractivity contribution in [2.24, 2.45) is 5.10 Å². The summed E-state index contributed by atoms with van der Waals surface area (Å²) in [6.07, 6.45) is 2.43. The summed E-state index contributed by atoms with van der Waals surface area (Å²) in [7, 11) is -7.46. The van der Waals surface area contributed by atoms with Gasteiger partial charge in [0, 0.05) is 0 Å². The Morgan fingerprint density at radius 2 is 1.56 bits per heavy atom. The molecule has 0 saturated heterocycles. The number of hydrogen-bond acceptors (Lipinski definition) is 5. The van der Waals surface area contributed by atoms with E-state index in [0.717, 1.165) is 18.4 Å². The van der Waals surface area contributed by atoms with Gasteiger partial charge in [0.05, 0.1) is 15.5 Å². The van der Waals surface area contributed by atoms with Crippen LogP contribution in [-0.2, 0) is 19.9 Å². The molecule has 1 fully saturated rings. The summed E-state index contributed by atoms with van der Waals surface area (Å²) in [5.74, 6) is 0. The first-order valence-electron chi connectivity index (χ1n) is 8.74. The second-order valence-corrected chi connectivity index (χ2v) is 10.4. The molecule has 1 aliphatic carbocycles. The van der Waals surface area contributed by atoms with Crippen LogP contribution in [0.1, 0.15) is 31.2 Å². The van der Waals surface area contributed by atoms with Crippen LogP contribution in [-0.4, -0.2) is 27.8 Å². The number of nitrogens with one attached hydrogen (secondary N) is 1. The molecule has 0 heterocycles. The van der Waals surface area contributed by atoms with E-state index in [1.807, 2.05) is 6.92 Å². The molecule has 0 amide bonds. The maximum atomic E-state index is 13.0. The van der Waals surface area contributed by atoms with E-state index in [1.165, 1.54) is 12.1 Å². The summed E-state index contributed by atoms with van der Waals surface area (Å²) in [6.45, 7) is 1.87. The van der Waals surface area contributed by atoms with Gasteiger partial charge in [-0.3, -0.25) is 0 Å². The number of sulfonamides is 1. The highest BCUT2D eigenvalue weighted by atomic mass is 32.2. The molecule has 8 heteroatoms. The van der Waals surface area contributed by atoms with E-state index in [-0.39, 0.29) is 9.79 Å². The number of benzene rings is 2. The van der Waals surface area contributed by atoms with Gasteiger partial charge >= 0.3 is 0 Å². The predicted octanol–water partition coefficient (Wildman–Crippen LogP) is 3.05. The van der Waals surface area contributed by atoms with Crippen molar-refractivity contribution in [3.05, 3.63) is 60.2 Å². The summed E-state index contributed by atoms with van der Waals surface area (Å²) in [6, 6.07) is 14.6. The maximum Gasteiger partial charge on any atom is 0.276 e. The average Bonchev–Trinajstić information content (AvgIpc) is 2.68. The number of aryl methyl sites for hydroxylation is 1. The fraction of sp³-hybridized carbons (Fsp3) is 0.316. The Morgan fingerprint density at radius 3 is 2.22 bits per heavy atom. The van der Waals surface area contributed by atoms with Gasteiger partial charge in [-0.1, -0.05) is 42.3 Å². The lowest BCUT2D eigenvalue weighted by Crippen LogP contribution is -2.35. The molecule has 0 aliphatic heterocycles. The lowest BCUT2D eigenvalue weighted by atomic mass is 9.98. The number of hydrazone groups is 1. The highest BCUT2D eigenvalue weighted by molar-refractivity contribution is 7.93. The summed E-state index contributed by atoms with van der Waals surface area (Å²) in [5, 5.41) is 3.22. The van der Waals surface area contributed by atoms with E-state index >= 15 is 0 Å². The molecule has 3 rings (SSSR count). The highest BCUT2D eigenvalue weighted by Gasteiger charge is 2.34. The Hall–Kier alpha value is -2.19. The second-order valence-electron chi connectivity index (χ2n) is 6.60. The molecule has 0 bridgehead atoms. The van der Waals surface area contributed by atoms with Crippen molar-refractivity contribution in [1.29, 1.82) is 0 Å². The van der Waals surface area contributed by atoms with E-state index in [0.29, 0.717) is 18.6 Å². The minimum Gasteiger partial charge on any atom is -0.223 e. The third-order valence-corrected chi connectivity index (χ3v) is 8.02. The monoisotopic (exact) mass is 406 g/mol. The van der Waals surface area contributed by atoms with Crippen LogP contribution < -0.4 is 4.83 Å². The lowest BCUT2D eigenvalue weighted by Gasteiger charge is -2.24. The summed E-state index contributed by atoms with van der Waals surface area (Å²) >= 11 is 0. The van der Waals surface area contributed by atoms with Gasteiger partial charge in [0.2, 0.25) is 0 Å². The Bertz CT molecular complexity index is 1030. The molecule has 1 N–H and O–H groups in total. The van der Waals surface area contributed by atoms with Crippen LogP contribution in [0.3, 0.4) is 0 Å². The van der Waals surface area contributed by atoms with Gasteiger partial charge in [0.1, 0.15) is 5.25 Å². The molecule has 6 nitrogen and oxygen atoms in total. The van der Waals surface area contributed by atoms with E-state index in [2.05, 4.69) is 9.93 Å². The minimum absolute atomic E-state index is 0.0933. The zero-order valence-electron chi connectivity index (χ0n) is 15.0. The molecule has 2 aromatic rings. The van der Waals surface area contributed by atoms with Crippen LogP contribution in [0.25, 0.3) is 0 Å². The highest BCUT2D eigenvalue weighted by Crippen LogP contribution is 2.27. The molecule has 27 heavy (non-hydrogen) atoms. The molecule has 1 unspecified atom stereocenters. The largest absolute Gasteiger partial charge is 0.276 e. The second kappa shape index (κ2) is 7.82. The number of rotatable bonds is 5. The van der Waals surface area contributed by atoms with Crippen LogP contribution in [0.15, 0.2) is 69.5 Å². The third-order valence-electron chi connectivity index (χ3n) is 4.61. The van der Waals surface area contributed by atoms with Crippen molar-refractivity contribution in [2.45, 2.75) is 47.6 Å². The van der Waals surface area contributed by atoms with Crippen molar-refractivity contribution in [3.8, 4) is 0 Å². The Kier molecular flexibility index (Phi) is 5.67. The first-order valence-corrected chi connectivity index (χ1v) is 11.8. The van der Waals surface area contributed by atoms with E-state index in [1.54, 1.807) is 42.5 Å². The number of hydrogen-bond donors (Lipinski definition) is 1. The molecule has 0 radical (unpaired) electrons.